The van der Waals surface area contributed by atoms with E-state index in [4.69, 9.17) is 21.1 Å². The van der Waals surface area contributed by atoms with Crippen LogP contribution in [0, 0.1) is 17.7 Å². The zero-order chi connectivity index (χ0) is 20.5. The van der Waals surface area contributed by atoms with Crippen molar-refractivity contribution in [3.8, 4) is 5.75 Å². The lowest BCUT2D eigenvalue weighted by Gasteiger charge is -2.36. The van der Waals surface area contributed by atoms with Gasteiger partial charge in [-0.05, 0) is 50.2 Å². The van der Waals surface area contributed by atoms with Crippen LogP contribution in [0.15, 0.2) is 18.2 Å². The lowest BCUT2D eigenvalue weighted by atomic mass is 9.73. The highest BCUT2D eigenvalue weighted by atomic mass is 35.5. The van der Waals surface area contributed by atoms with Gasteiger partial charge in [-0.15, -0.1) is 0 Å². The number of carbonyl (C=O) groups excluding carboxylic acids is 2. The number of halogens is 2. The van der Waals surface area contributed by atoms with Crippen molar-refractivity contribution >= 4 is 23.4 Å². The average Bonchev–Trinajstić information content (AvgIpc) is 3.16. The second-order valence-corrected chi connectivity index (χ2v) is 8.40. The van der Waals surface area contributed by atoms with Crippen LogP contribution in [0.2, 0.25) is 5.02 Å². The van der Waals surface area contributed by atoms with Crippen LogP contribution < -0.4 is 20.7 Å². The second kappa shape index (κ2) is 8.45. The highest BCUT2D eigenvalue weighted by Crippen LogP contribution is 2.47. The third-order valence-corrected chi connectivity index (χ3v) is 6.43. The van der Waals surface area contributed by atoms with Crippen molar-refractivity contribution in [2.45, 2.75) is 50.5 Å². The molecular formula is C20H25ClFN3O4. The summed E-state index contributed by atoms with van der Waals surface area (Å²) in [5.74, 6) is 0.0976. The predicted molar refractivity (Wildman–Crippen MR) is 104 cm³/mol. The van der Waals surface area contributed by atoms with E-state index >= 15 is 0 Å². The van der Waals surface area contributed by atoms with Gasteiger partial charge in [0.1, 0.15) is 23.8 Å². The maximum atomic E-state index is 13.5. The van der Waals surface area contributed by atoms with E-state index in [0.29, 0.717) is 24.9 Å². The van der Waals surface area contributed by atoms with Crippen LogP contribution in [0.25, 0.3) is 0 Å². The Labute approximate surface area is 173 Å². The van der Waals surface area contributed by atoms with Gasteiger partial charge in [-0.1, -0.05) is 11.6 Å². The fourth-order valence-electron chi connectivity index (χ4n) is 4.52. The van der Waals surface area contributed by atoms with Gasteiger partial charge in [-0.3, -0.25) is 14.9 Å². The number of carbonyl (C=O) groups is 2. The Morgan fingerprint density at radius 3 is 2.62 bits per heavy atom. The molecule has 7 nitrogen and oxygen atoms in total. The van der Waals surface area contributed by atoms with Crippen molar-refractivity contribution in [2.24, 2.45) is 11.8 Å². The summed E-state index contributed by atoms with van der Waals surface area (Å²) >= 11 is 5.64. The fraction of sp³-hybridized carbons (Fsp3) is 0.600. The first kappa shape index (κ1) is 20.4. The Hall–Kier alpha value is -1.90. The van der Waals surface area contributed by atoms with Gasteiger partial charge in [0.15, 0.2) is 6.61 Å². The van der Waals surface area contributed by atoms with E-state index in [-0.39, 0.29) is 53.5 Å². The molecule has 1 heterocycles. The Morgan fingerprint density at radius 2 is 2.00 bits per heavy atom. The third-order valence-electron chi connectivity index (χ3n) is 6.13. The minimum absolute atomic E-state index is 0.00353. The van der Waals surface area contributed by atoms with Gasteiger partial charge in [0, 0.05) is 18.2 Å². The van der Waals surface area contributed by atoms with Gasteiger partial charge in [0.2, 0.25) is 5.91 Å². The highest BCUT2D eigenvalue weighted by molar-refractivity contribution is 6.30. The first-order chi connectivity index (χ1) is 13.9. The largest absolute Gasteiger partial charge is 0.484 e. The summed E-state index contributed by atoms with van der Waals surface area (Å²) in [5, 5.41) is 9.24. The Bertz CT molecular complexity index is 795. The fourth-order valence-corrected chi connectivity index (χ4v) is 4.64. The van der Waals surface area contributed by atoms with E-state index in [1.807, 2.05) is 6.92 Å². The number of rotatable bonds is 6. The topological polar surface area (TPSA) is 88.7 Å². The maximum absolute atomic E-state index is 13.5. The lowest BCUT2D eigenvalue weighted by molar-refractivity contribution is -0.125. The zero-order valence-corrected chi connectivity index (χ0v) is 16.9. The van der Waals surface area contributed by atoms with Gasteiger partial charge in [-0.2, -0.15) is 0 Å². The Kier molecular flexibility index (Phi) is 5.94. The van der Waals surface area contributed by atoms with Crippen LogP contribution in [-0.2, 0) is 14.3 Å². The SMILES string of the molecule is CC1NC(C(=O)NC2C[C@H](NC(=O)COc3ccc(Cl)c(F)c3)C3CCC23)CO1. The van der Waals surface area contributed by atoms with Crippen LogP contribution in [0.4, 0.5) is 4.39 Å². The van der Waals surface area contributed by atoms with Crippen LogP contribution in [0.3, 0.4) is 0 Å². The molecule has 6 atom stereocenters. The third kappa shape index (κ3) is 4.49. The van der Waals surface area contributed by atoms with Crippen molar-refractivity contribution < 1.29 is 23.5 Å². The van der Waals surface area contributed by atoms with Crippen molar-refractivity contribution in [1.29, 1.82) is 0 Å². The molecule has 0 spiro atoms. The minimum atomic E-state index is -0.590. The molecule has 2 saturated carbocycles. The Morgan fingerprint density at radius 1 is 1.28 bits per heavy atom. The smallest absolute Gasteiger partial charge is 0.258 e. The zero-order valence-electron chi connectivity index (χ0n) is 16.1. The number of hydrogen-bond acceptors (Lipinski definition) is 5. The quantitative estimate of drug-likeness (QED) is 0.644. The van der Waals surface area contributed by atoms with Crippen LogP contribution in [-0.4, -0.2) is 49.4 Å². The molecule has 1 aromatic carbocycles. The van der Waals surface area contributed by atoms with Gasteiger partial charge in [-0.25, -0.2) is 4.39 Å². The monoisotopic (exact) mass is 425 g/mol. The molecule has 1 saturated heterocycles. The molecule has 2 amide bonds. The van der Waals surface area contributed by atoms with Crippen LogP contribution >= 0.6 is 11.6 Å². The first-order valence-corrected chi connectivity index (χ1v) is 10.3. The standard InChI is InChI=1S/C20H25ClFN3O4/c1-10-23-18(8-28-10)20(27)25-17-7-16(12-3-4-13(12)17)24-19(26)9-29-11-2-5-14(21)15(22)6-11/h2,5-6,10,12-13,16-18,23H,3-4,7-9H2,1H3,(H,24,26)(H,25,27)/t10?,12?,13?,16-,17?,18?/m0/s1. The molecule has 0 radical (unpaired) electrons. The number of fused-ring (bicyclic) bond motifs is 1. The van der Waals surface area contributed by atoms with Crippen molar-refractivity contribution in [2.75, 3.05) is 13.2 Å². The molecule has 9 heteroatoms. The molecule has 158 valence electrons. The second-order valence-electron chi connectivity index (χ2n) is 7.99. The number of benzene rings is 1. The summed E-state index contributed by atoms with van der Waals surface area (Å²) in [6, 6.07) is 3.78. The lowest BCUT2D eigenvalue weighted by Crippen LogP contribution is -2.49. The Balaban J connectivity index is 1.26. The highest BCUT2D eigenvalue weighted by Gasteiger charge is 2.49. The molecule has 4 rings (SSSR count). The number of nitrogens with one attached hydrogen (secondary N) is 3. The number of ether oxygens (including phenoxy) is 2. The molecule has 0 aromatic heterocycles. The molecule has 3 N–H and O–H groups in total. The molecule has 2 aliphatic carbocycles. The van der Waals surface area contributed by atoms with Gasteiger partial charge < -0.3 is 20.1 Å². The predicted octanol–water partition coefficient (Wildman–Crippen LogP) is 1.59. The molecule has 5 unspecified atom stereocenters. The van der Waals surface area contributed by atoms with Gasteiger partial charge in [0.25, 0.3) is 5.91 Å². The van der Waals surface area contributed by atoms with Crippen LogP contribution in [0.1, 0.15) is 26.2 Å². The van der Waals surface area contributed by atoms with E-state index in [1.165, 1.54) is 12.1 Å². The summed E-state index contributed by atoms with van der Waals surface area (Å²) in [6.45, 7) is 2.04. The molecule has 29 heavy (non-hydrogen) atoms. The summed E-state index contributed by atoms with van der Waals surface area (Å²) in [6.07, 6.45) is 2.67. The first-order valence-electron chi connectivity index (χ1n) is 9.96. The van der Waals surface area contributed by atoms with Gasteiger partial charge in [0.05, 0.1) is 11.6 Å². The van der Waals surface area contributed by atoms with Crippen molar-refractivity contribution in [3.05, 3.63) is 29.0 Å². The molecule has 1 aromatic rings. The molecule has 3 aliphatic rings. The van der Waals surface area contributed by atoms with Gasteiger partial charge >= 0.3 is 0 Å². The number of hydrogen-bond donors (Lipinski definition) is 3. The molecule has 3 fully saturated rings. The molecule has 1 aliphatic heterocycles. The normalized spacial score (nSPS) is 32.9. The van der Waals surface area contributed by atoms with Crippen molar-refractivity contribution in [3.63, 3.8) is 0 Å². The average molecular weight is 426 g/mol. The summed E-state index contributed by atoms with van der Waals surface area (Å²) in [5.41, 5.74) is 0. The molecular weight excluding hydrogens is 401 g/mol. The van der Waals surface area contributed by atoms with Crippen molar-refractivity contribution in [1.82, 2.24) is 16.0 Å². The van der Waals surface area contributed by atoms with E-state index in [2.05, 4.69) is 16.0 Å². The summed E-state index contributed by atoms with van der Waals surface area (Å²) in [4.78, 5) is 24.8. The summed E-state index contributed by atoms with van der Waals surface area (Å²) in [7, 11) is 0. The maximum Gasteiger partial charge on any atom is 0.258 e. The van der Waals surface area contributed by atoms with E-state index in [9.17, 15) is 14.0 Å². The van der Waals surface area contributed by atoms with E-state index in [1.54, 1.807) is 0 Å². The van der Waals surface area contributed by atoms with E-state index in [0.717, 1.165) is 18.9 Å². The summed E-state index contributed by atoms with van der Waals surface area (Å²) < 4.78 is 24.2. The van der Waals surface area contributed by atoms with E-state index < -0.39 is 5.82 Å². The van der Waals surface area contributed by atoms with Crippen LogP contribution in [0.5, 0.6) is 5.75 Å². The minimum Gasteiger partial charge on any atom is -0.484 e. The molecule has 0 bridgehead atoms. The number of amides is 2.